The fraction of sp³-hybridized carbons (Fsp3) is 0.200. The quantitative estimate of drug-likeness (QED) is 0.493. The van der Waals surface area contributed by atoms with Gasteiger partial charge in [0.15, 0.2) is 0 Å². The van der Waals surface area contributed by atoms with Gasteiger partial charge in [-0.3, -0.25) is 0 Å². The molecule has 0 amide bonds. The third-order valence-electron chi connectivity index (χ3n) is 4.94. The summed E-state index contributed by atoms with van der Waals surface area (Å²) in [5, 5.41) is 5.98. The van der Waals surface area contributed by atoms with Gasteiger partial charge in [-0.05, 0) is 32.9 Å². The van der Waals surface area contributed by atoms with Crippen molar-refractivity contribution >= 4 is 21.9 Å². The Bertz CT molecular complexity index is 1310. The maximum atomic E-state index is 5.72. The molecule has 0 fully saturated rings. The zero-order chi connectivity index (χ0) is 19.4. The van der Waals surface area contributed by atoms with E-state index in [0.29, 0.717) is 5.82 Å². The number of rotatable bonds is 3. The lowest BCUT2D eigenvalue weighted by molar-refractivity contribution is 0.393. The third-order valence-corrected chi connectivity index (χ3v) is 4.94. The highest BCUT2D eigenvalue weighted by molar-refractivity contribution is 6.13. The Kier molecular flexibility index (Phi) is 3.48. The molecule has 0 spiro atoms. The summed E-state index contributed by atoms with van der Waals surface area (Å²) < 4.78 is 11.1. The first-order valence-corrected chi connectivity index (χ1v) is 8.87. The van der Waals surface area contributed by atoms with Crippen molar-refractivity contribution in [2.45, 2.75) is 20.8 Å². The van der Waals surface area contributed by atoms with Crippen LogP contribution in [0.25, 0.3) is 44.5 Å². The summed E-state index contributed by atoms with van der Waals surface area (Å²) in [6.45, 7) is 5.70. The van der Waals surface area contributed by atoms with Crippen LogP contribution in [0.5, 0.6) is 5.75 Å². The van der Waals surface area contributed by atoms with Crippen molar-refractivity contribution in [1.82, 2.24) is 30.1 Å². The number of hydrogen-bond acceptors (Lipinski definition) is 6. The van der Waals surface area contributed by atoms with Gasteiger partial charge in [0.2, 0.25) is 0 Å². The summed E-state index contributed by atoms with van der Waals surface area (Å²) in [5.74, 6) is 2.17. The van der Waals surface area contributed by atoms with Crippen molar-refractivity contribution in [1.29, 1.82) is 0 Å². The Morgan fingerprint density at radius 3 is 2.64 bits per heavy atom. The summed E-state index contributed by atoms with van der Waals surface area (Å²) in [6.07, 6.45) is 3.40. The number of H-pyrrole nitrogens is 2. The molecule has 0 aliphatic carbocycles. The van der Waals surface area contributed by atoms with Crippen LogP contribution in [-0.4, -0.2) is 37.2 Å². The van der Waals surface area contributed by atoms with E-state index in [9.17, 15) is 0 Å². The van der Waals surface area contributed by atoms with Crippen LogP contribution in [0.2, 0.25) is 0 Å². The first-order chi connectivity index (χ1) is 13.6. The summed E-state index contributed by atoms with van der Waals surface area (Å²) in [6, 6.07) is 4.06. The van der Waals surface area contributed by atoms with Crippen LogP contribution < -0.4 is 4.74 Å². The van der Waals surface area contributed by atoms with Crippen LogP contribution in [0.15, 0.2) is 29.2 Å². The molecule has 0 atom stereocenters. The van der Waals surface area contributed by atoms with Gasteiger partial charge in [0.25, 0.3) is 0 Å². The minimum atomic E-state index is 0.682. The predicted octanol–water partition coefficient (Wildman–Crippen LogP) is 4.09. The van der Waals surface area contributed by atoms with Gasteiger partial charge < -0.3 is 19.2 Å². The van der Waals surface area contributed by atoms with E-state index in [4.69, 9.17) is 9.26 Å². The van der Waals surface area contributed by atoms with Crippen LogP contribution in [0.4, 0.5) is 0 Å². The van der Waals surface area contributed by atoms with E-state index in [0.717, 1.165) is 61.7 Å². The Morgan fingerprint density at radius 1 is 1.11 bits per heavy atom. The van der Waals surface area contributed by atoms with Crippen LogP contribution in [0, 0.1) is 20.8 Å². The van der Waals surface area contributed by atoms with Crippen LogP contribution in [-0.2, 0) is 0 Å². The molecule has 0 unspecified atom stereocenters. The molecule has 28 heavy (non-hydrogen) atoms. The van der Waals surface area contributed by atoms with Crippen molar-refractivity contribution < 1.29 is 9.26 Å². The summed E-state index contributed by atoms with van der Waals surface area (Å²) in [5.41, 5.74) is 6.03. The fourth-order valence-electron chi connectivity index (χ4n) is 3.75. The van der Waals surface area contributed by atoms with Gasteiger partial charge in [0.1, 0.15) is 28.7 Å². The SMILES string of the molecule is COc1cc2c(cc1-c1c(C)noc1C)[nH]c1nc(C)nc(-c3cnc[nH]3)c12. The molecule has 8 nitrogen and oxygen atoms in total. The molecule has 0 bridgehead atoms. The molecule has 5 rings (SSSR count). The van der Waals surface area contributed by atoms with E-state index in [-0.39, 0.29) is 0 Å². The number of methoxy groups -OCH3 is 1. The van der Waals surface area contributed by atoms with Crippen LogP contribution in [0.3, 0.4) is 0 Å². The van der Waals surface area contributed by atoms with E-state index < -0.39 is 0 Å². The number of aromatic nitrogens is 6. The highest BCUT2D eigenvalue weighted by Gasteiger charge is 2.21. The first-order valence-electron chi connectivity index (χ1n) is 8.87. The Balaban J connectivity index is 1.88. The van der Waals surface area contributed by atoms with Gasteiger partial charge in [-0.1, -0.05) is 5.16 Å². The number of imidazole rings is 1. The molecular formula is C20H18N6O2. The molecule has 8 heteroatoms. The number of ether oxygens (including phenoxy) is 1. The molecule has 0 saturated heterocycles. The highest BCUT2D eigenvalue weighted by atomic mass is 16.5. The average Bonchev–Trinajstić information content (AvgIpc) is 3.39. The molecule has 1 aromatic carbocycles. The summed E-state index contributed by atoms with van der Waals surface area (Å²) >= 11 is 0. The van der Waals surface area contributed by atoms with Crippen LogP contribution >= 0.6 is 0 Å². The van der Waals surface area contributed by atoms with E-state index >= 15 is 0 Å². The second-order valence-corrected chi connectivity index (χ2v) is 6.73. The number of aryl methyl sites for hydroxylation is 3. The number of nitrogens with zero attached hydrogens (tertiary/aromatic N) is 4. The number of nitrogens with one attached hydrogen (secondary N) is 2. The second-order valence-electron chi connectivity index (χ2n) is 6.73. The van der Waals surface area contributed by atoms with E-state index in [1.54, 1.807) is 19.6 Å². The third kappa shape index (κ3) is 2.31. The zero-order valence-corrected chi connectivity index (χ0v) is 15.9. The van der Waals surface area contributed by atoms with Gasteiger partial charge >= 0.3 is 0 Å². The monoisotopic (exact) mass is 374 g/mol. The maximum absolute atomic E-state index is 5.72. The highest BCUT2D eigenvalue weighted by Crippen LogP contribution is 2.40. The number of fused-ring (bicyclic) bond motifs is 3. The predicted molar refractivity (Wildman–Crippen MR) is 105 cm³/mol. The molecule has 5 aromatic rings. The number of hydrogen-bond donors (Lipinski definition) is 2. The summed E-state index contributed by atoms with van der Waals surface area (Å²) in [7, 11) is 1.66. The number of aromatic amines is 2. The normalized spacial score (nSPS) is 11.6. The lowest BCUT2D eigenvalue weighted by atomic mass is 10.0. The van der Waals surface area contributed by atoms with E-state index in [1.165, 1.54) is 0 Å². The van der Waals surface area contributed by atoms with Crippen molar-refractivity contribution in [2.75, 3.05) is 7.11 Å². The molecule has 4 aromatic heterocycles. The Hall–Kier alpha value is -3.68. The van der Waals surface area contributed by atoms with Gasteiger partial charge in [0, 0.05) is 16.5 Å². The Morgan fingerprint density at radius 2 is 1.96 bits per heavy atom. The second kappa shape index (κ2) is 5.91. The maximum Gasteiger partial charge on any atom is 0.142 e. The molecule has 4 heterocycles. The molecular weight excluding hydrogens is 356 g/mol. The lowest BCUT2D eigenvalue weighted by Crippen LogP contribution is -1.93. The van der Waals surface area contributed by atoms with Crippen molar-refractivity contribution in [3.8, 4) is 28.3 Å². The lowest BCUT2D eigenvalue weighted by Gasteiger charge is -2.09. The zero-order valence-electron chi connectivity index (χ0n) is 15.9. The van der Waals surface area contributed by atoms with E-state index in [2.05, 4.69) is 36.1 Å². The number of benzene rings is 1. The molecule has 0 radical (unpaired) electrons. The first kappa shape index (κ1) is 16.5. The minimum Gasteiger partial charge on any atom is -0.496 e. The summed E-state index contributed by atoms with van der Waals surface area (Å²) in [4.78, 5) is 19.9. The smallest absolute Gasteiger partial charge is 0.142 e. The van der Waals surface area contributed by atoms with Gasteiger partial charge in [-0.15, -0.1) is 0 Å². The van der Waals surface area contributed by atoms with Crippen LogP contribution in [0.1, 0.15) is 17.3 Å². The van der Waals surface area contributed by atoms with E-state index in [1.807, 2.05) is 26.8 Å². The van der Waals surface area contributed by atoms with Crippen molar-refractivity contribution in [2.24, 2.45) is 0 Å². The topological polar surface area (TPSA) is 106 Å². The minimum absolute atomic E-state index is 0.682. The average molecular weight is 374 g/mol. The molecule has 2 N–H and O–H groups in total. The molecule has 0 aliphatic rings. The van der Waals surface area contributed by atoms with Gasteiger partial charge in [-0.2, -0.15) is 0 Å². The largest absolute Gasteiger partial charge is 0.496 e. The molecule has 0 aliphatic heterocycles. The standard InChI is InChI=1S/C20H18N6O2/c1-9-17(10(2)28-26-9)13-5-14-12(6-16(13)27-4)18-19(15-7-21-8-22-15)23-11(3)24-20(18)25-14/h5-8H,1-4H3,(H,21,22)(H,23,24,25). The van der Waals surface area contributed by atoms with Crippen molar-refractivity contribution in [3.63, 3.8) is 0 Å². The molecule has 140 valence electrons. The van der Waals surface area contributed by atoms with Gasteiger partial charge in [0.05, 0.1) is 42.0 Å². The fourth-order valence-corrected chi connectivity index (χ4v) is 3.75. The molecule has 0 saturated carbocycles. The van der Waals surface area contributed by atoms with Crippen molar-refractivity contribution in [3.05, 3.63) is 41.9 Å². The Labute approximate surface area is 160 Å². The van der Waals surface area contributed by atoms with Gasteiger partial charge in [-0.25, -0.2) is 15.0 Å².